The van der Waals surface area contributed by atoms with Gasteiger partial charge in [0, 0.05) is 68.7 Å². The Bertz CT molecular complexity index is 1650. The highest BCUT2D eigenvalue weighted by Gasteiger charge is 2.45. The Morgan fingerprint density at radius 2 is 1.98 bits per heavy atom. The quantitative estimate of drug-likeness (QED) is 0.273. The molecular formula is C34H38ClF2N7O2. The van der Waals surface area contributed by atoms with Crippen LogP contribution in [0.5, 0.6) is 6.01 Å². The third-order valence-corrected chi connectivity index (χ3v) is 9.53. The number of fused-ring (bicyclic) bond motifs is 2. The van der Waals surface area contributed by atoms with Gasteiger partial charge in [0.2, 0.25) is 11.8 Å². The molecule has 9 nitrogen and oxygen atoms in total. The number of hydrogen-bond donors (Lipinski definition) is 0. The summed E-state index contributed by atoms with van der Waals surface area (Å²) in [6.45, 7) is 7.76. The number of benzene rings is 2. The fourth-order valence-corrected chi connectivity index (χ4v) is 7.21. The molecule has 1 aromatic heterocycles. The molecule has 0 radical (unpaired) electrons. The van der Waals surface area contributed by atoms with Crippen molar-refractivity contribution in [3.8, 4) is 12.1 Å². The van der Waals surface area contributed by atoms with Crippen molar-refractivity contribution in [2.45, 2.75) is 44.2 Å². The van der Waals surface area contributed by atoms with Crippen molar-refractivity contribution in [1.29, 1.82) is 5.26 Å². The molecule has 1 saturated heterocycles. The molecule has 46 heavy (non-hydrogen) atoms. The molecule has 2 aromatic carbocycles. The van der Waals surface area contributed by atoms with Crippen molar-refractivity contribution in [3.63, 3.8) is 0 Å². The summed E-state index contributed by atoms with van der Waals surface area (Å²) in [7, 11) is 1.91. The van der Waals surface area contributed by atoms with Gasteiger partial charge in [-0.15, -0.1) is 0 Å². The van der Waals surface area contributed by atoms with Crippen molar-refractivity contribution >= 4 is 39.8 Å². The van der Waals surface area contributed by atoms with E-state index in [1.807, 2.05) is 30.1 Å². The van der Waals surface area contributed by atoms with Crippen LogP contribution in [0.1, 0.15) is 30.5 Å². The maximum Gasteiger partial charge on any atom is 0.318 e. The van der Waals surface area contributed by atoms with E-state index in [0.29, 0.717) is 57.3 Å². The van der Waals surface area contributed by atoms with Crippen molar-refractivity contribution in [3.05, 3.63) is 65.3 Å². The van der Waals surface area contributed by atoms with Gasteiger partial charge in [-0.25, -0.2) is 8.78 Å². The van der Waals surface area contributed by atoms with Crippen molar-refractivity contribution in [2.24, 2.45) is 5.92 Å². The summed E-state index contributed by atoms with van der Waals surface area (Å²) in [5.41, 5.74) is 2.91. The molecule has 0 spiro atoms. The summed E-state index contributed by atoms with van der Waals surface area (Å²) in [4.78, 5) is 30.4. The monoisotopic (exact) mass is 649 g/mol. The predicted molar refractivity (Wildman–Crippen MR) is 175 cm³/mol. The van der Waals surface area contributed by atoms with E-state index in [1.165, 1.54) is 6.08 Å². The van der Waals surface area contributed by atoms with Gasteiger partial charge in [0.1, 0.15) is 12.4 Å². The van der Waals surface area contributed by atoms with E-state index >= 15 is 0 Å². The van der Waals surface area contributed by atoms with Crippen molar-refractivity contribution in [2.75, 3.05) is 62.7 Å². The molecule has 6 rings (SSSR count). The van der Waals surface area contributed by atoms with Crippen LogP contribution in [0.4, 0.5) is 20.3 Å². The number of carbonyl (C=O) groups excluding carboxylic acids is 1. The number of nitrogens with zero attached hydrogens (tertiary/aromatic N) is 7. The zero-order valence-electron chi connectivity index (χ0n) is 26.0. The van der Waals surface area contributed by atoms with Gasteiger partial charge in [0.25, 0.3) is 0 Å². The lowest BCUT2D eigenvalue weighted by Crippen LogP contribution is -2.55. The number of amides is 1. The largest absolute Gasteiger partial charge is 0.462 e. The second-order valence-corrected chi connectivity index (χ2v) is 12.9. The number of hydrogen-bond acceptors (Lipinski definition) is 8. The van der Waals surface area contributed by atoms with Crippen LogP contribution in [0.2, 0.25) is 5.02 Å². The molecule has 2 aliphatic heterocycles. The van der Waals surface area contributed by atoms with Crippen molar-refractivity contribution in [1.82, 2.24) is 19.8 Å². The minimum absolute atomic E-state index is 0.00635. The highest BCUT2D eigenvalue weighted by Crippen LogP contribution is 2.42. The number of piperazine rings is 1. The third kappa shape index (κ3) is 6.74. The first kappa shape index (κ1) is 32.0. The summed E-state index contributed by atoms with van der Waals surface area (Å²) in [5, 5.41) is 12.3. The van der Waals surface area contributed by atoms with E-state index in [4.69, 9.17) is 26.3 Å². The minimum Gasteiger partial charge on any atom is -0.462 e. The van der Waals surface area contributed by atoms with Gasteiger partial charge in [-0.1, -0.05) is 42.4 Å². The molecule has 0 unspecified atom stereocenters. The van der Waals surface area contributed by atoms with E-state index < -0.39 is 5.92 Å². The van der Waals surface area contributed by atoms with Gasteiger partial charge in [-0.2, -0.15) is 15.2 Å². The fourth-order valence-electron chi connectivity index (χ4n) is 6.93. The van der Waals surface area contributed by atoms with Crippen LogP contribution in [0.3, 0.4) is 0 Å². The normalized spacial score (nSPS) is 19.5. The summed E-state index contributed by atoms with van der Waals surface area (Å²) in [5.74, 6) is -1.97. The molecule has 2 fully saturated rings. The van der Waals surface area contributed by atoms with E-state index in [2.05, 4.69) is 40.6 Å². The van der Waals surface area contributed by atoms with Gasteiger partial charge >= 0.3 is 6.01 Å². The lowest BCUT2D eigenvalue weighted by Gasteiger charge is -2.42. The summed E-state index contributed by atoms with van der Waals surface area (Å²) < 4.78 is 32.7. The Morgan fingerprint density at radius 3 is 2.72 bits per heavy atom. The zero-order valence-corrected chi connectivity index (χ0v) is 26.7. The summed E-state index contributed by atoms with van der Waals surface area (Å²) in [6.07, 6.45) is 2.05. The third-order valence-electron chi connectivity index (χ3n) is 9.21. The molecule has 1 aliphatic carbocycles. The van der Waals surface area contributed by atoms with Gasteiger partial charge in [0.05, 0.1) is 35.8 Å². The number of halogens is 3. The standard InChI is InChI=1S/C34H38ClF2N7O2/c1-3-30(45)44-15-14-43(21-25(44)10-12-38)32-26-11-13-42(29-9-5-7-24-6-4-8-27(35)31(24)29)22-28(26)39-33(40-32)46-17-16-41(2)20-23-18-34(36,37)19-23/h3-9,23,25H,1,10-11,13-22H2,2H3/t25-/m0/s1. The number of anilines is 2. The Balaban J connectivity index is 1.26. The molecule has 242 valence electrons. The first-order valence-corrected chi connectivity index (χ1v) is 16.1. The lowest BCUT2D eigenvalue weighted by molar-refractivity contribution is -0.128. The number of rotatable bonds is 10. The maximum absolute atomic E-state index is 13.3. The topological polar surface area (TPSA) is 88.8 Å². The highest BCUT2D eigenvalue weighted by atomic mass is 35.5. The SMILES string of the molecule is C=CC(=O)N1CCN(c2nc(OCCN(C)CC3CC(F)(F)C3)nc3c2CCN(c2cccc4cccc(Cl)c24)C3)C[C@@H]1CC#N. The van der Waals surface area contributed by atoms with Gasteiger partial charge in [-0.05, 0) is 43.0 Å². The molecule has 3 aliphatic rings. The second kappa shape index (κ2) is 13.4. The number of carbonyl (C=O) groups is 1. The Kier molecular flexibility index (Phi) is 9.29. The number of ether oxygens (including phenoxy) is 1. The summed E-state index contributed by atoms with van der Waals surface area (Å²) >= 11 is 6.68. The van der Waals surface area contributed by atoms with E-state index in [1.54, 1.807) is 4.90 Å². The first-order valence-electron chi connectivity index (χ1n) is 15.7. The Morgan fingerprint density at radius 1 is 1.20 bits per heavy atom. The molecule has 1 saturated carbocycles. The number of nitriles is 1. The smallest absolute Gasteiger partial charge is 0.318 e. The van der Waals surface area contributed by atoms with E-state index in [-0.39, 0.29) is 43.1 Å². The summed E-state index contributed by atoms with van der Waals surface area (Å²) in [6, 6.07) is 14.2. The Hall–Kier alpha value is -4.01. The highest BCUT2D eigenvalue weighted by molar-refractivity contribution is 6.36. The van der Waals surface area contributed by atoms with Crippen molar-refractivity contribution < 1.29 is 18.3 Å². The minimum atomic E-state index is -2.53. The Labute approximate surface area is 273 Å². The average molecular weight is 650 g/mol. The van der Waals surface area contributed by atoms with Crippen LogP contribution < -0.4 is 14.5 Å². The van der Waals surface area contributed by atoms with Gasteiger partial charge in [0.15, 0.2) is 0 Å². The van der Waals surface area contributed by atoms with Crippen LogP contribution in [0, 0.1) is 17.2 Å². The average Bonchev–Trinajstić information content (AvgIpc) is 3.03. The molecule has 3 aromatic rings. The number of likely N-dealkylation sites (N-methyl/N-ethyl adjacent to an activating group) is 1. The molecule has 12 heteroatoms. The van der Waals surface area contributed by atoms with E-state index in [9.17, 15) is 18.8 Å². The maximum atomic E-state index is 13.3. The van der Waals surface area contributed by atoms with Crippen LogP contribution in [-0.2, 0) is 17.8 Å². The number of alkyl halides is 2. The fraction of sp³-hybridized carbons (Fsp3) is 0.471. The second-order valence-electron chi connectivity index (χ2n) is 12.5. The lowest BCUT2D eigenvalue weighted by atomic mass is 9.81. The predicted octanol–water partition coefficient (Wildman–Crippen LogP) is 5.32. The van der Waals surface area contributed by atoms with Crippen LogP contribution in [-0.4, -0.2) is 90.6 Å². The molecule has 1 amide bonds. The molecule has 1 atom stereocenters. The van der Waals surface area contributed by atoms with Gasteiger partial charge < -0.3 is 24.3 Å². The van der Waals surface area contributed by atoms with Gasteiger partial charge in [-0.3, -0.25) is 4.79 Å². The first-order chi connectivity index (χ1) is 22.2. The molecular weight excluding hydrogens is 612 g/mol. The van der Waals surface area contributed by atoms with Crippen LogP contribution >= 0.6 is 11.6 Å². The zero-order chi connectivity index (χ0) is 32.4. The number of aromatic nitrogens is 2. The van der Waals surface area contributed by atoms with Crippen LogP contribution in [0.15, 0.2) is 49.1 Å². The molecule has 0 N–H and O–H groups in total. The molecule has 3 heterocycles. The van der Waals surface area contributed by atoms with E-state index in [0.717, 1.165) is 40.1 Å². The molecule has 0 bridgehead atoms. The van der Waals surface area contributed by atoms with Crippen LogP contribution in [0.25, 0.3) is 10.8 Å².